The van der Waals surface area contributed by atoms with Gasteiger partial charge in [0.15, 0.2) is 16.1 Å². The quantitative estimate of drug-likeness (QED) is 0.258. The zero-order chi connectivity index (χ0) is 23.5. The number of anilines is 1. The van der Waals surface area contributed by atoms with Gasteiger partial charge in [0.25, 0.3) is 0 Å². The summed E-state index contributed by atoms with van der Waals surface area (Å²) >= 11 is 4.39. The van der Waals surface area contributed by atoms with Crippen molar-refractivity contribution >= 4 is 45.5 Å². The second kappa shape index (κ2) is 9.92. The van der Waals surface area contributed by atoms with Gasteiger partial charge in [0.2, 0.25) is 5.91 Å². The molecule has 6 nitrogen and oxygen atoms in total. The van der Waals surface area contributed by atoms with Gasteiger partial charge in [-0.1, -0.05) is 53.7 Å². The molecule has 0 bridgehead atoms. The zero-order valence-corrected chi connectivity index (χ0v) is 21.0. The summed E-state index contributed by atoms with van der Waals surface area (Å²) in [4.78, 5) is 18.4. The summed E-state index contributed by atoms with van der Waals surface area (Å²) in [6.45, 7) is 4.13. The molecule has 0 spiro atoms. The van der Waals surface area contributed by atoms with Crippen LogP contribution < -0.4 is 5.32 Å². The van der Waals surface area contributed by atoms with Crippen molar-refractivity contribution in [3.8, 4) is 27.6 Å². The van der Waals surface area contributed by atoms with Gasteiger partial charge in [-0.2, -0.15) is 0 Å². The molecular weight excluding hydrogens is 483 g/mol. The van der Waals surface area contributed by atoms with Crippen LogP contribution in [0.5, 0.6) is 0 Å². The van der Waals surface area contributed by atoms with E-state index >= 15 is 0 Å². The third kappa shape index (κ3) is 4.82. The molecule has 0 aliphatic heterocycles. The monoisotopic (exact) mass is 503 g/mol. The molecule has 1 N–H and O–H groups in total. The van der Waals surface area contributed by atoms with Crippen LogP contribution in [0, 0.1) is 13.8 Å². The number of aryl methyl sites for hydroxylation is 2. The first-order chi connectivity index (χ1) is 16.6. The molecule has 0 aliphatic carbocycles. The summed E-state index contributed by atoms with van der Waals surface area (Å²) in [5.41, 5.74) is 5.25. The van der Waals surface area contributed by atoms with Crippen molar-refractivity contribution in [1.29, 1.82) is 0 Å². The Bertz CT molecular complexity index is 1420. The highest BCUT2D eigenvalue weighted by molar-refractivity contribution is 7.99. The van der Waals surface area contributed by atoms with Gasteiger partial charge in [-0.05, 0) is 49.1 Å². The molecule has 0 fully saturated rings. The third-order valence-electron chi connectivity index (χ3n) is 5.14. The van der Waals surface area contributed by atoms with Crippen LogP contribution in [0.1, 0.15) is 11.1 Å². The first-order valence-corrected chi connectivity index (χ1v) is 13.3. The van der Waals surface area contributed by atoms with E-state index in [0.717, 1.165) is 33.2 Å². The average molecular weight is 504 g/mol. The van der Waals surface area contributed by atoms with E-state index in [1.807, 2.05) is 57.8 Å². The average Bonchev–Trinajstić information content (AvgIpc) is 3.60. The first-order valence-electron chi connectivity index (χ1n) is 10.6. The van der Waals surface area contributed by atoms with Crippen LogP contribution in [0.15, 0.2) is 76.6 Å². The van der Waals surface area contributed by atoms with Crippen LogP contribution in [0.3, 0.4) is 0 Å². The molecule has 0 unspecified atom stereocenters. The number of hydrogen-bond acceptors (Lipinski definition) is 7. The van der Waals surface area contributed by atoms with E-state index in [2.05, 4.69) is 52.5 Å². The van der Waals surface area contributed by atoms with E-state index in [0.29, 0.717) is 10.3 Å². The molecule has 9 heteroatoms. The number of thiophene rings is 1. The number of benzene rings is 2. The van der Waals surface area contributed by atoms with Gasteiger partial charge in [-0.3, -0.25) is 9.36 Å². The standard InChI is InChI=1S/C25H21N5OS3/c1-16-10-11-17(2)19(13-16)20-14-33-24(26-20)27-22(31)15-34-25-29-28-23(21-9-6-12-32-21)30(25)18-7-4-3-5-8-18/h3-14H,15H2,1-2H3,(H,26,27,31). The lowest BCUT2D eigenvalue weighted by Gasteiger charge is -2.09. The molecule has 0 saturated heterocycles. The number of nitrogens with zero attached hydrogens (tertiary/aromatic N) is 4. The van der Waals surface area contributed by atoms with Crippen molar-refractivity contribution < 1.29 is 4.79 Å². The minimum Gasteiger partial charge on any atom is -0.301 e. The summed E-state index contributed by atoms with van der Waals surface area (Å²) in [7, 11) is 0. The van der Waals surface area contributed by atoms with Crippen molar-refractivity contribution in [2.24, 2.45) is 0 Å². The molecule has 0 saturated carbocycles. The fraction of sp³-hybridized carbons (Fsp3) is 0.120. The zero-order valence-electron chi connectivity index (χ0n) is 18.6. The third-order valence-corrected chi connectivity index (χ3v) is 7.69. The Balaban J connectivity index is 1.31. The van der Waals surface area contributed by atoms with Gasteiger partial charge < -0.3 is 5.32 Å². The Morgan fingerprint density at radius 2 is 1.88 bits per heavy atom. The molecule has 3 aromatic heterocycles. The van der Waals surface area contributed by atoms with E-state index in [9.17, 15) is 4.79 Å². The van der Waals surface area contributed by atoms with E-state index < -0.39 is 0 Å². The molecule has 0 atom stereocenters. The first kappa shape index (κ1) is 22.5. The Morgan fingerprint density at radius 3 is 2.68 bits per heavy atom. The van der Waals surface area contributed by atoms with Crippen LogP contribution in [-0.4, -0.2) is 31.4 Å². The predicted octanol–water partition coefficient (Wildman–Crippen LogP) is 6.47. The lowest BCUT2D eigenvalue weighted by Crippen LogP contribution is -2.14. The molecule has 1 amide bonds. The van der Waals surface area contributed by atoms with Crippen molar-refractivity contribution in [2.75, 3.05) is 11.1 Å². The van der Waals surface area contributed by atoms with Crippen LogP contribution in [0.2, 0.25) is 0 Å². The topological polar surface area (TPSA) is 72.7 Å². The Hall–Kier alpha value is -3.27. The summed E-state index contributed by atoms with van der Waals surface area (Å²) in [6.07, 6.45) is 0. The number of thioether (sulfide) groups is 1. The lowest BCUT2D eigenvalue weighted by molar-refractivity contribution is -0.113. The molecule has 170 valence electrons. The van der Waals surface area contributed by atoms with Crippen LogP contribution >= 0.6 is 34.4 Å². The fourth-order valence-electron chi connectivity index (χ4n) is 3.49. The highest BCUT2D eigenvalue weighted by atomic mass is 32.2. The van der Waals surface area contributed by atoms with Gasteiger partial charge >= 0.3 is 0 Å². The maximum Gasteiger partial charge on any atom is 0.236 e. The van der Waals surface area contributed by atoms with Crippen molar-refractivity contribution in [1.82, 2.24) is 19.7 Å². The minimum atomic E-state index is -0.132. The van der Waals surface area contributed by atoms with Gasteiger partial charge in [-0.25, -0.2) is 4.98 Å². The van der Waals surface area contributed by atoms with Crippen LogP contribution in [0.4, 0.5) is 5.13 Å². The summed E-state index contributed by atoms with van der Waals surface area (Å²) < 4.78 is 1.99. The fourth-order valence-corrected chi connectivity index (χ4v) is 5.67. The van der Waals surface area contributed by atoms with Crippen molar-refractivity contribution in [3.05, 3.63) is 82.6 Å². The maximum absolute atomic E-state index is 12.7. The number of hydrogen-bond donors (Lipinski definition) is 1. The van der Waals surface area contributed by atoms with E-state index in [1.165, 1.54) is 28.7 Å². The second-order valence-corrected chi connectivity index (χ2v) is 10.4. The number of aromatic nitrogens is 4. The number of thiazole rings is 1. The molecule has 2 aromatic carbocycles. The summed E-state index contributed by atoms with van der Waals surface area (Å²) in [5, 5.41) is 17.0. The van der Waals surface area contributed by atoms with Gasteiger partial charge in [0.05, 0.1) is 16.3 Å². The van der Waals surface area contributed by atoms with Gasteiger partial charge in [0, 0.05) is 16.6 Å². The normalized spacial score (nSPS) is 11.0. The second-order valence-electron chi connectivity index (χ2n) is 7.65. The van der Waals surface area contributed by atoms with Crippen LogP contribution in [0.25, 0.3) is 27.6 Å². The number of rotatable bonds is 7. The number of carbonyl (C=O) groups is 1. The molecule has 5 aromatic rings. The van der Waals surface area contributed by atoms with Crippen molar-refractivity contribution in [3.63, 3.8) is 0 Å². The molecule has 0 aliphatic rings. The molecule has 0 radical (unpaired) electrons. The minimum absolute atomic E-state index is 0.132. The Morgan fingerprint density at radius 1 is 1.03 bits per heavy atom. The number of carbonyl (C=O) groups excluding carboxylic acids is 1. The summed E-state index contributed by atoms with van der Waals surface area (Å²) in [5.74, 6) is 0.836. The predicted molar refractivity (Wildman–Crippen MR) is 141 cm³/mol. The molecule has 5 rings (SSSR count). The number of para-hydroxylation sites is 1. The van der Waals surface area contributed by atoms with E-state index in [1.54, 1.807) is 11.3 Å². The van der Waals surface area contributed by atoms with E-state index in [-0.39, 0.29) is 11.7 Å². The Kier molecular flexibility index (Phi) is 6.57. The largest absolute Gasteiger partial charge is 0.301 e. The highest BCUT2D eigenvalue weighted by Gasteiger charge is 2.18. The molecular formula is C25H21N5OS3. The SMILES string of the molecule is Cc1ccc(C)c(-c2csc(NC(=O)CSc3nnc(-c4cccs4)n3-c3ccccc3)n2)c1. The van der Waals surface area contributed by atoms with Crippen molar-refractivity contribution in [2.45, 2.75) is 19.0 Å². The highest BCUT2D eigenvalue weighted by Crippen LogP contribution is 2.31. The van der Waals surface area contributed by atoms with Crippen LogP contribution in [-0.2, 0) is 4.79 Å². The van der Waals surface area contributed by atoms with Gasteiger partial charge in [-0.15, -0.1) is 32.9 Å². The number of nitrogens with one attached hydrogen (secondary N) is 1. The molecule has 3 heterocycles. The maximum atomic E-state index is 12.7. The lowest BCUT2D eigenvalue weighted by atomic mass is 10.0. The summed E-state index contributed by atoms with van der Waals surface area (Å²) in [6, 6.07) is 20.2. The smallest absolute Gasteiger partial charge is 0.236 e. The number of amides is 1. The van der Waals surface area contributed by atoms with Gasteiger partial charge in [0.1, 0.15) is 0 Å². The Labute approximate surface area is 209 Å². The van der Waals surface area contributed by atoms with E-state index in [4.69, 9.17) is 0 Å². The molecule has 34 heavy (non-hydrogen) atoms.